The van der Waals surface area contributed by atoms with E-state index in [0.29, 0.717) is 16.9 Å². The normalized spacial score (nSPS) is 14.0. The van der Waals surface area contributed by atoms with Gasteiger partial charge in [-0.3, -0.25) is 9.89 Å². The number of H-pyrrole nitrogens is 1. The average molecular weight is 587 g/mol. The number of carbonyl (C=O) groups excluding carboxylic acids is 2. The van der Waals surface area contributed by atoms with E-state index in [9.17, 15) is 9.59 Å². The first-order chi connectivity index (χ1) is 21.2. The molecule has 1 aliphatic rings. The molecule has 6 rings (SSSR count). The number of hydrogen-bond acceptors (Lipinski definition) is 4. The molecule has 224 valence electrons. The van der Waals surface area contributed by atoms with Gasteiger partial charge in [-0.05, 0) is 58.8 Å². The molecule has 0 spiro atoms. The molecule has 0 saturated carbocycles. The Morgan fingerprint density at radius 3 is 2.14 bits per heavy atom. The van der Waals surface area contributed by atoms with Crippen molar-refractivity contribution < 1.29 is 9.59 Å². The van der Waals surface area contributed by atoms with E-state index in [1.807, 2.05) is 77.8 Å². The molecule has 0 atom stereocenters. The van der Waals surface area contributed by atoms with Crippen LogP contribution in [0.25, 0.3) is 33.0 Å². The molecule has 5 aromatic rings. The Labute approximate surface area is 258 Å². The maximum absolute atomic E-state index is 13.4. The van der Waals surface area contributed by atoms with Gasteiger partial charge in [0.15, 0.2) is 0 Å². The highest BCUT2D eigenvalue weighted by molar-refractivity contribution is 6.10. The van der Waals surface area contributed by atoms with Gasteiger partial charge in [0, 0.05) is 54.5 Å². The Morgan fingerprint density at radius 2 is 1.45 bits per heavy atom. The highest BCUT2D eigenvalue weighted by atomic mass is 16.2. The number of anilines is 2. The molecule has 44 heavy (non-hydrogen) atoms. The van der Waals surface area contributed by atoms with Gasteiger partial charge in [0.25, 0.3) is 5.91 Å². The number of amides is 3. The van der Waals surface area contributed by atoms with Gasteiger partial charge >= 0.3 is 6.03 Å². The lowest BCUT2D eigenvalue weighted by atomic mass is 9.85. The van der Waals surface area contributed by atoms with E-state index in [-0.39, 0.29) is 17.4 Å². The van der Waals surface area contributed by atoms with E-state index in [1.165, 1.54) is 0 Å². The number of aromatic nitrogens is 2. The van der Waals surface area contributed by atoms with Crippen molar-refractivity contribution >= 4 is 34.1 Å². The van der Waals surface area contributed by atoms with Gasteiger partial charge < -0.3 is 20.4 Å². The van der Waals surface area contributed by atoms with Crippen LogP contribution in [0, 0.1) is 0 Å². The first-order valence-corrected chi connectivity index (χ1v) is 15.0. The van der Waals surface area contributed by atoms with Crippen molar-refractivity contribution in [3.63, 3.8) is 0 Å². The van der Waals surface area contributed by atoms with Crippen molar-refractivity contribution in [2.75, 3.05) is 43.9 Å². The van der Waals surface area contributed by atoms with E-state index in [2.05, 4.69) is 65.7 Å². The molecule has 1 fully saturated rings. The Balaban J connectivity index is 1.25. The van der Waals surface area contributed by atoms with Gasteiger partial charge in [-0.1, -0.05) is 75.4 Å². The number of hydrogen-bond donors (Lipinski definition) is 3. The number of rotatable bonds is 5. The molecule has 1 aliphatic heterocycles. The number of carbonyl (C=O) groups is 2. The molecule has 0 aliphatic carbocycles. The predicted molar refractivity (Wildman–Crippen MR) is 178 cm³/mol. The molecule has 8 heteroatoms. The second-order valence-corrected chi connectivity index (χ2v) is 12.5. The number of nitrogens with one attached hydrogen (secondary N) is 3. The summed E-state index contributed by atoms with van der Waals surface area (Å²) in [4.78, 5) is 30.6. The molecule has 0 bridgehead atoms. The monoisotopic (exact) mass is 586 g/mol. The molecular formula is C36H38N6O2. The summed E-state index contributed by atoms with van der Waals surface area (Å²) in [5, 5.41) is 15.1. The van der Waals surface area contributed by atoms with Crippen LogP contribution in [0.2, 0.25) is 0 Å². The number of piperazine rings is 1. The fraction of sp³-hybridized carbons (Fsp3) is 0.250. The smallest absolute Gasteiger partial charge is 0.323 e. The Hall–Kier alpha value is -4.95. The van der Waals surface area contributed by atoms with Crippen LogP contribution in [0.4, 0.5) is 16.2 Å². The van der Waals surface area contributed by atoms with Crippen LogP contribution in [-0.4, -0.2) is 65.2 Å². The van der Waals surface area contributed by atoms with Gasteiger partial charge in [0.05, 0.1) is 17.6 Å². The second kappa shape index (κ2) is 12.0. The summed E-state index contributed by atoms with van der Waals surface area (Å²) in [7, 11) is 2.08. The Morgan fingerprint density at radius 1 is 0.773 bits per heavy atom. The summed E-state index contributed by atoms with van der Waals surface area (Å²) in [6, 6.07) is 25.6. The number of benzene rings is 4. The zero-order valence-corrected chi connectivity index (χ0v) is 25.6. The SMILES string of the molecule is CN1CCN(C(=O)c2ccc(-c3ccc(NC(=O)Nc4cc(C(C)(C)C)ccc4-c4cn[nH]c4)c4ccccc34)cc2)CC1. The third-order valence-electron chi connectivity index (χ3n) is 8.35. The van der Waals surface area contributed by atoms with Crippen LogP contribution in [0.3, 0.4) is 0 Å². The van der Waals surface area contributed by atoms with Gasteiger partial charge in [-0.25, -0.2) is 4.79 Å². The lowest BCUT2D eigenvalue weighted by Gasteiger charge is -2.32. The van der Waals surface area contributed by atoms with Crippen molar-refractivity contribution in [1.82, 2.24) is 20.0 Å². The van der Waals surface area contributed by atoms with Crippen molar-refractivity contribution in [2.24, 2.45) is 0 Å². The zero-order valence-electron chi connectivity index (χ0n) is 25.6. The van der Waals surface area contributed by atoms with E-state index >= 15 is 0 Å². The summed E-state index contributed by atoms with van der Waals surface area (Å²) >= 11 is 0. The lowest BCUT2D eigenvalue weighted by Crippen LogP contribution is -2.47. The largest absolute Gasteiger partial charge is 0.336 e. The molecule has 3 amide bonds. The third-order valence-corrected chi connectivity index (χ3v) is 8.35. The molecule has 4 aromatic carbocycles. The first-order valence-electron chi connectivity index (χ1n) is 15.0. The van der Waals surface area contributed by atoms with Crippen molar-refractivity contribution in [1.29, 1.82) is 0 Å². The van der Waals surface area contributed by atoms with Crippen LogP contribution in [-0.2, 0) is 5.41 Å². The van der Waals surface area contributed by atoms with E-state index < -0.39 is 0 Å². The highest BCUT2D eigenvalue weighted by Gasteiger charge is 2.21. The van der Waals surface area contributed by atoms with Crippen molar-refractivity contribution in [3.05, 3.63) is 102 Å². The Kier molecular flexibility index (Phi) is 7.93. The molecule has 0 unspecified atom stereocenters. The minimum atomic E-state index is -0.328. The molecule has 1 saturated heterocycles. The summed E-state index contributed by atoms with van der Waals surface area (Å²) in [6.45, 7) is 9.72. The topological polar surface area (TPSA) is 93.4 Å². The van der Waals surface area contributed by atoms with E-state index in [4.69, 9.17) is 0 Å². The molecule has 3 N–H and O–H groups in total. The van der Waals surface area contributed by atoms with Gasteiger partial charge in [0.1, 0.15) is 0 Å². The van der Waals surface area contributed by atoms with Crippen LogP contribution >= 0.6 is 0 Å². The molecule has 2 heterocycles. The number of fused-ring (bicyclic) bond motifs is 1. The Bertz CT molecular complexity index is 1800. The van der Waals surface area contributed by atoms with E-state index in [1.54, 1.807) is 6.20 Å². The third kappa shape index (κ3) is 6.07. The summed E-state index contributed by atoms with van der Waals surface area (Å²) in [6.07, 6.45) is 3.56. The van der Waals surface area contributed by atoms with Crippen molar-refractivity contribution in [2.45, 2.75) is 26.2 Å². The lowest BCUT2D eigenvalue weighted by molar-refractivity contribution is 0.0664. The van der Waals surface area contributed by atoms with E-state index in [0.717, 1.165) is 64.8 Å². The second-order valence-electron chi connectivity index (χ2n) is 12.5. The fourth-order valence-corrected chi connectivity index (χ4v) is 5.68. The quantitative estimate of drug-likeness (QED) is 0.203. The van der Waals surface area contributed by atoms with Crippen LogP contribution in [0.15, 0.2) is 91.3 Å². The average Bonchev–Trinajstić information content (AvgIpc) is 3.56. The van der Waals surface area contributed by atoms with Crippen LogP contribution in [0.5, 0.6) is 0 Å². The number of urea groups is 1. The van der Waals surface area contributed by atoms with Gasteiger partial charge in [-0.15, -0.1) is 0 Å². The number of likely N-dealkylation sites (N-methyl/N-ethyl adjacent to an activating group) is 1. The maximum atomic E-state index is 13.4. The first kappa shape index (κ1) is 29.1. The zero-order chi connectivity index (χ0) is 30.8. The van der Waals surface area contributed by atoms with Gasteiger partial charge in [0.2, 0.25) is 0 Å². The number of nitrogens with zero attached hydrogens (tertiary/aromatic N) is 3. The highest BCUT2D eigenvalue weighted by Crippen LogP contribution is 2.35. The number of aromatic amines is 1. The summed E-state index contributed by atoms with van der Waals surface area (Å²) in [5.41, 5.74) is 6.98. The van der Waals surface area contributed by atoms with Crippen molar-refractivity contribution in [3.8, 4) is 22.3 Å². The van der Waals surface area contributed by atoms with Crippen LogP contribution in [0.1, 0.15) is 36.7 Å². The minimum absolute atomic E-state index is 0.0732. The van der Waals surface area contributed by atoms with Crippen LogP contribution < -0.4 is 10.6 Å². The fourth-order valence-electron chi connectivity index (χ4n) is 5.68. The standard InChI is InChI=1S/C36H38N6O2/c1-36(2,3)27-13-14-29(26-22-37-38-23-26)33(21-27)40-35(44)39-32-16-15-28(30-7-5-6-8-31(30)32)24-9-11-25(12-10-24)34(43)42-19-17-41(4)18-20-42/h5-16,21-23H,17-20H2,1-4H3,(H,37,38)(H2,39,40,44). The van der Waals surface area contributed by atoms with Gasteiger partial charge in [-0.2, -0.15) is 5.10 Å². The predicted octanol–water partition coefficient (Wildman–Crippen LogP) is 7.23. The summed E-state index contributed by atoms with van der Waals surface area (Å²) < 4.78 is 0. The molecule has 0 radical (unpaired) electrons. The molecule has 1 aromatic heterocycles. The minimum Gasteiger partial charge on any atom is -0.336 e. The molecular weight excluding hydrogens is 548 g/mol. The maximum Gasteiger partial charge on any atom is 0.323 e. The molecule has 8 nitrogen and oxygen atoms in total. The summed E-state index contributed by atoms with van der Waals surface area (Å²) in [5.74, 6) is 0.0732.